The number of carbonyl (C=O) groups excluding carboxylic acids is 1. The fourth-order valence-electron chi connectivity index (χ4n) is 3.96. The highest BCUT2D eigenvalue weighted by Crippen LogP contribution is 2.33. The van der Waals surface area contributed by atoms with Gasteiger partial charge >= 0.3 is 0 Å². The first-order chi connectivity index (χ1) is 16.1. The molecule has 2 heterocycles. The lowest BCUT2D eigenvalue weighted by Gasteiger charge is -2.34. The molecule has 3 aromatic rings. The van der Waals surface area contributed by atoms with Gasteiger partial charge in [0.25, 0.3) is 5.91 Å². The third-order valence-electron chi connectivity index (χ3n) is 5.64. The first-order valence-corrected chi connectivity index (χ1v) is 13.0. The number of aryl methyl sites for hydroxylation is 1. The van der Waals surface area contributed by atoms with Gasteiger partial charge in [-0.1, -0.05) is 11.3 Å². The van der Waals surface area contributed by atoms with Crippen molar-refractivity contribution in [3.8, 4) is 11.5 Å². The summed E-state index contributed by atoms with van der Waals surface area (Å²) in [4.78, 5) is 17.7. The number of hydrogen-bond acceptors (Lipinski definition) is 7. The Hall–Kier alpha value is -2.73. The summed E-state index contributed by atoms with van der Waals surface area (Å²) in [6, 6.07) is 9.56. The molecule has 0 spiro atoms. The molecule has 1 saturated heterocycles. The molecule has 9 nitrogen and oxygen atoms in total. The fraction of sp³-hybridized carbons (Fsp3) is 0.391. The van der Waals surface area contributed by atoms with Gasteiger partial charge in [0.15, 0.2) is 16.3 Å². The average Bonchev–Trinajstić information content (AvgIpc) is 3.11. The Balaban J connectivity index is 1.62. The summed E-state index contributed by atoms with van der Waals surface area (Å²) in [6.45, 7) is 4.28. The molecular weight excluding hydrogens is 478 g/mol. The summed E-state index contributed by atoms with van der Waals surface area (Å²) in [6.07, 6.45) is -0.361. The van der Waals surface area contributed by atoms with Crippen LogP contribution in [0.25, 0.3) is 10.2 Å². The maximum atomic E-state index is 13.0. The molecule has 1 fully saturated rings. The van der Waals surface area contributed by atoms with E-state index < -0.39 is 15.9 Å². The first kappa shape index (κ1) is 24.4. The van der Waals surface area contributed by atoms with Gasteiger partial charge in [-0.25, -0.2) is 8.42 Å². The highest BCUT2D eigenvalue weighted by molar-refractivity contribution is 7.89. The van der Waals surface area contributed by atoms with Crippen LogP contribution in [0.5, 0.6) is 11.5 Å². The SMILES string of the molecule is COc1cc2sc(=NC(=O)c3ccc(S(=O)(=O)N4CC(C)OC(C)C4)cc3)n(C)c2cc1OC. The molecule has 182 valence electrons. The second-order valence-corrected chi connectivity index (χ2v) is 11.1. The second kappa shape index (κ2) is 9.49. The Morgan fingerprint density at radius 1 is 1.06 bits per heavy atom. The molecule has 11 heteroatoms. The van der Waals surface area contributed by atoms with Crippen molar-refractivity contribution in [1.82, 2.24) is 8.87 Å². The van der Waals surface area contributed by atoms with Gasteiger partial charge in [-0.3, -0.25) is 4.79 Å². The van der Waals surface area contributed by atoms with Gasteiger partial charge in [0.05, 0.1) is 41.5 Å². The molecule has 1 aliphatic heterocycles. The van der Waals surface area contributed by atoms with Crippen LogP contribution in [0.2, 0.25) is 0 Å². The van der Waals surface area contributed by atoms with Gasteiger partial charge in [-0.2, -0.15) is 9.30 Å². The molecule has 0 aliphatic carbocycles. The van der Waals surface area contributed by atoms with E-state index in [4.69, 9.17) is 14.2 Å². The number of carbonyl (C=O) groups is 1. The maximum Gasteiger partial charge on any atom is 0.279 e. The number of hydrogen-bond donors (Lipinski definition) is 0. The van der Waals surface area contributed by atoms with Crippen molar-refractivity contribution in [1.29, 1.82) is 0 Å². The van der Waals surface area contributed by atoms with Crippen LogP contribution >= 0.6 is 11.3 Å². The molecule has 0 bridgehead atoms. The second-order valence-electron chi connectivity index (χ2n) is 8.14. The molecule has 2 aromatic carbocycles. The van der Waals surface area contributed by atoms with Crippen molar-refractivity contribution >= 4 is 37.5 Å². The third kappa shape index (κ3) is 4.61. The van der Waals surface area contributed by atoms with E-state index in [0.717, 1.165) is 10.2 Å². The molecule has 0 saturated carbocycles. The van der Waals surface area contributed by atoms with E-state index >= 15 is 0 Å². The molecule has 0 radical (unpaired) electrons. The Morgan fingerprint density at radius 2 is 1.65 bits per heavy atom. The van der Waals surface area contributed by atoms with Crippen molar-refractivity contribution < 1.29 is 27.4 Å². The Bertz CT molecular complexity index is 1380. The molecular formula is C23H27N3O6S2. The number of aromatic nitrogens is 1. The van der Waals surface area contributed by atoms with Crippen molar-refractivity contribution in [2.75, 3.05) is 27.3 Å². The lowest BCUT2D eigenvalue weighted by Crippen LogP contribution is -2.48. The van der Waals surface area contributed by atoms with Crippen LogP contribution in [0.15, 0.2) is 46.3 Å². The van der Waals surface area contributed by atoms with Crippen LogP contribution in [0.3, 0.4) is 0 Å². The summed E-state index contributed by atoms with van der Waals surface area (Å²) in [5.41, 5.74) is 1.15. The highest BCUT2D eigenvalue weighted by Gasteiger charge is 2.32. The molecule has 1 amide bonds. The quantitative estimate of drug-likeness (QED) is 0.529. The van der Waals surface area contributed by atoms with E-state index in [9.17, 15) is 13.2 Å². The summed E-state index contributed by atoms with van der Waals surface area (Å²) in [5, 5.41) is 0. The topological polar surface area (TPSA) is 99.4 Å². The monoisotopic (exact) mass is 505 g/mol. The average molecular weight is 506 g/mol. The van der Waals surface area contributed by atoms with E-state index in [1.807, 2.05) is 33.0 Å². The molecule has 2 unspecified atom stereocenters. The molecule has 0 N–H and O–H groups in total. The van der Waals surface area contributed by atoms with Crippen molar-refractivity contribution in [2.24, 2.45) is 12.0 Å². The van der Waals surface area contributed by atoms with Crippen LogP contribution in [0, 0.1) is 0 Å². The number of benzene rings is 2. The largest absolute Gasteiger partial charge is 0.493 e. The van der Waals surface area contributed by atoms with Gasteiger partial charge in [0.1, 0.15) is 0 Å². The lowest BCUT2D eigenvalue weighted by molar-refractivity contribution is -0.0440. The van der Waals surface area contributed by atoms with Gasteiger partial charge in [0.2, 0.25) is 10.0 Å². The summed E-state index contributed by atoms with van der Waals surface area (Å²) < 4.78 is 46.5. The standard InChI is InChI=1S/C23H27N3O6S2/c1-14-12-26(13-15(2)32-14)34(28,29)17-8-6-16(7-9-17)22(27)24-23-25(3)18-10-19(30-4)20(31-5)11-21(18)33-23/h6-11,14-15H,12-13H2,1-5H3. The van der Waals surface area contributed by atoms with E-state index in [-0.39, 0.29) is 17.1 Å². The van der Waals surface area contributed by atoms with Gasteiger partial charge in [0, 0.05) is 37.8 Å². The van der Waals surface area contributed by atoms with E-state index in [1.54, 1.807) is 18.8 Å². The molecule has 1 aromatic heterocycles. The minimum Gasteiger partial charge on any atom is -0.493 e. The molecule has 1 aliphatic rings. The number of rotatable bonds is 5. The number of morpholine rings is 1. The van der Waals surface area contributed by atoms with E-state index in [1.165, 1.54) is 39.9 Å². The smallest absolute Gasteiger partial charge is 0.279 e. The van der Waals surface area contributed by atoms with Crippen LogP contribution in [0.4, 0.5) is 0 Å². The summed E-state index contributed by atoms with van der Waals surface area (Å²) in [5.74, 6) is 0.719. The number of amides is 1. The van der Waals surface area contributed by atoms with Crippen LogP contribution < -0.4 is 14.3 Å². The van der Waals surface area contributed by atoms with Crippen molar-refractivity contribution in [3.05, 3.63) is 46.8 Å². The Kier molecular flexibility index (Phi) is 6.81. The van der Waals surface area contributed by atoms with Gasteiger partial charge < -0.3 is 18.8 Å². The molecule has 2 atom stereocenters. The van der Waals surface area contributed by atoms with E-state index in [2.05, 4.69) is 4.99 Å². The van der Waals surface area contributed by atoms with Gasteiger partial charge in [-0.05, 0) is 38.1 Å². The van der Waals surface area contributed by atoms with Crippen LogP contribution in [-0.4, -0.2) is 62.7 Å². The van der Waals surface area contributed by atoms with Crippen molar-refractivity contribution in [3.63, 3.8) is 0 Å². The minimum absolute atomic E-state index is 0.136. The summed E-state index contributed by atoms with van der Waals surface area (Å²) in [7, 11) is 1.27. The zero-order valence-corrected chi connectivity index (χ0v) is 21.3. The van der Waals surface area contributed by atoms with E-state index in [0.29, 0.717) is 35.0 Å². The fourth-order valence-corrected chi connectivity index (χ4v) is 6.58. The highest BCUT2D eigenvalue weighted by atomic mass is 32.2. The molecule has 34 heavy (non-hydrogen) atoms. The minimum atomic E-state index is -3.68. The third-order valence-corrected chi connectivity index (χ3v) is 8.58. The number of nitrogens with zero attached hydrogens (tertiary/aromatic N) is 3. The van der Waals surface area contributed by atoms with Crippen LogP contribution in [0.1, 0.15) is 24.2 Å². The predicted octanol–water partition coefficient (Wildman–Crippen LogP) is 2.80. The number of sulfonamides is 1. The maximum absolute atomic E-state index is 13.0. The number of methoxy groups -OCH3 is 2. The first-order valence-electron chi connectivity index (χ1n) is 10.7. The lowest BCUT2D eigenvalue weighted by atomic mass is 10.2. The van der Waals surface area contributed by atoms with Gasteiger partial charge in [-0.15, -0.1) is 0 Å². The zero-order chi connectivity index (χ0) is 24.6. The normalized spacial score (nSPS) is 20.0. The Morgan fingerprint density at radius 3 is 2.24 bits per heavy atom. The number of ether oxygens (including phenoxy) is 3. The van der Waals surface area contributed by atoms with Crippen molar-refractivity contribution in [2.45, 2.75) is 31.0 Å². The number of thiazole rings is 1. The summed E-state index contributed by atoms with van der Waals surface area (Å²) >= 11 is 1.35. The van der Waals surface area contributed by atoms with Crippen LogP contribution in [-0.2, 0) is 21.8 Å². The predicted molar refractivity (Wildman–Crippen MR) is 129 cm³/mol. The number of fused-ring (bicyclic) bond motifs is 1. The zero-order valence-electron chi connectivity index (χ0n) is 19.6. The Labute approximate surface area is 202 Å². The molecule has 4 rings (SSSR count).